The third kappa shape index (κ3) is 3.18. The number of aliphatic hydroxyl groups is 1. The van der Waals surface area contributed by atoms with Gasteiger partial charge in [-0.1, -0.05) is 23.9 Å². The molecule has 0 saturated heterocycles. The molecule has 2 aromatic heterocycles. The normalized spacial score (nSPS) is 12.3. The molecule has 0 spiro atoms. The minimum absolute atomic E-state index is 0.0437. The van der Waals surface area contributed by atoms with Gasteiger partial charge in [-0.25, -0.2) is 14.4 Å². The van der Waals surface area contributed by atoms with E-state index in [-0.39, 0.29) is 22.3 Å². The van der Waals surface area contributed by atoms with Crippen LogP contribution < -0.4 is 0 Å². The number of thiophene rings is 1. The zero-order chi connectivity index (χ0) is 17.3. The van der Waals surface area contributed by atoms with Gasteiger partial charge in [0.25, 0.3) is 0 Å². The molecule has 0 aliphatic heterocycles. The van der Waals surface area contributed by atoms with Gasteiger partial charge in [-0.2, -0.15) is 0 Å². The Hall–Kier alpha value is -2.25. The molecule has 0 aliphatic rings. The molecule has 1 N–H and O–H groups in total. The topological polar surface area (TPSA) is 63.1 Å². The number of carbonyl (C=O) groups excluding carboxylic acids is 1. The molecule has 24 heavy (non-hydrogen) atoms. The summed E-state index contributed by atoms with van der Waals surface area (Å²) < 4.78 is 13.2. The van der Waals surface area contributed by atoms with Crippen LogP contribution in [0.25, 0.3) is 21.3 Å². The maximum Gasteiger partial charge on any atom is 0.169 e. The molecule has 2 heterocycles. The number of halogens is 1. The summed E-state index contributed by atoms with van der Waals surface area (Å²) in [6.07, 6.45) is 1.43. The Morgan fingerprint density at radius 1 is 1.21 bits per heavy atom. The van der Waals surface area contributed by atoms with E-state index in [1.54, 1.807) is 12.1 Å². The zero-order valence-corrected chi connectivity index (χ0v) is 14.5. The first kappa shape index (κ1) is 16.6. The van der Waals surface area contributed by atoms with Crippen molar-refractivity contribution < 1.29 is 14.3 Å². The van der Waals surface area contributed by atoms with E-state index in [0.29, 0.717) is 5.03 Å². The lowest BCUT2D eigenvalue weighted by Crippen LogP contribution is -1.97. The summed E-state index contributed by atoms with van der Waals surface area (Å²) in [5.41, 5.74) is 1.71. The summed E-state index contributed by atoms with van der Waals surface area (Å²) in [6, 6.07) is 6.18. The van der Waals surface area contributed by atoms with E-state index in [4.69, 9.17) is 0 Å². The fourth-order valence-electron chi connectivity index (χ4n) is 2.26. The first-order valence-electron chi connectivity index (χ1n) is 7.04. The third-order valence-electron chi connectivity index (χ3n) is 3.34. The zero-order valence-electron chi connectivity index (χ0n) is 12.9. The molecule has 0 bridgehead atoms. The minimum atomic E-state index is -0.304. The number of thioether (sulfide) groups is 1. The van der Waals surface area contributed by atoms with Crippen molar-refractivity contribution in [3.8, 4) is 11.1 Å². The van der Waals surface area contributed by atoms with Crippen LogP contribution in [0.1, 0.15) is 13.8 Å². The van der Waals surface area contributed by atoms with Gasteiger partial charge in [-0.15, -0.1) is 11.3 Å². The molecule has 0 unspecified atom stereocenters. The van der Waals surface area contributed by atoms with Gasteiger partial charge in [0.15, 0.2) is 5.78 Å². The molecule has 3 rings (SSSR count). The average Bonchev–Trinajstić information content (AvgIpc) is 2.97. The van der Waals surface area contributed by atoms with Crippen molar-refractivity contribution in [3.63, 3.8) is 0 Å². The monoisotopic (exact) mass is 360 g/mol. The summed E-state index contributed by atoms with van der Waals surface area (Å²) in [7, 11) is 0. The predicted octanol–water partition coefficient (Wildman–Crippen LogP) is 4.97. The van der Waals surface area contributed by atoms with Crippen molar-refractivity contribution in [3.05, 3.63) is 52.5 Å². The summed E-state index contributed by atoms with van der Waals surface area (Å²) in [6.45, 7) is 2.87. The lowest BCUT2D eigenvalue weighted by molar-refractivity contribution is -0.113. The molecule has 0 atom stereocenters. The highest BCUT2D eigenvalue weighted by Crippen LogP contribution is 2.40. The molecule has 4 nitrogen and oxygen atoms in total. The van der Waals surface area contributed by atoms with Gasteiger partial charge in [0, 0.05) is 10.9 Å². The van der Waals surface area contributed by atoms with Crippen molar-refractivity contribution in [2.75, 3.05) is 0 Å². The largest absolute Gasteiger partial charge is 0.511 e. The second-order valence-corrected chi connectivity index (χ2v) is 6.95. The van der Waals surface area contributed by atoms with E-state index in [9.17, 15) is 14.3 Å². The Bertz CT molecular complexity index is 945. The Balaban J connectivity index is 2.16. The maximum atomic E-state index is 13.2. The van der Waals surface area contributed by atoms with Gasteiger partial charge in [0.05, 0.1) is 10.3 Å². The van der Waals surface area contributed by atoms with Crippen molar-refractivity contribution >= 4 is 39.1 Å². The number of benzene rings is 1. The molecule has 1 aromatic carbocycles. The van der Waals surface area contributed by atoms with Crippen LogP contribution in [-0.4, -0.2) is 20.9 Å². The van der Waals surface area contributed by atoms with Crippen molar-refractivity contribution in [1.82, 2.24) is 9.97 Å². The number of hydrogen-bond acceptors (Lipinski definition) is 6. The van der Waals surface area contributed by atoms with Crippen molar-refractivity contribution in [1.29, 1.82) is 0 Å². The number of nitrogens with zero attached hydrogens (tertiary/aromatic N) is 2. The molecule has 122 valence electrons. The van der Waals surface area contributed by atoms with E-state index < -0.39 is 0 Å². The Morgan fingerprint density at radius 3 is 2.54 bits per heavy atom. The Kier molecular flexibility index (Phi) is 4.64. The van der Waals surface area contributed by atoms with E-state index in [2.05, 4.69) is 9.97 Å². The maximum absolute atomic E-state index is 13.2. The van der Waals surface area contributed by atoms with Gasteiger partial charge in [-0.3, -0.25) is 4.79 Å². The van der Waals surface area contributed by atoms with Gasteiger partial charge in [-0.05, 0) is 31.5 Å². The first-order chi connectivity index (χ1) is 11.5. The Labute approximate surface area is 146 Å². The van der Waals surface area contributed by atoms with Crippen LogP contribution in [0, 0.1) is 5.82 Å². The Morgan fingerprint density at radius 2 is 1.92 bits per heavy atom. The molecule has 0 aliphatic carbocycles. The van der Waals surface area contributed by atoms with Crippen LogP contribution in [0.5, 0.6) is 0 Å². The average molecular weight is 360 g/mol. The van der Waals surface area contributed by atoms with Crippen LogP contribution in [0.2, 0.25) is 0 Å². The van der Waals surface area contributed by atoms with E-state index in [1.165, 1.54) is 43.6 Å². The minimum Gasteiger partial charge on any atom is -0.511 e. The molecule has 0 saturated carbocycles. The van der Waals surface area contributed by atoms with Gasteiger partial charge in [0.2, 0.25) is 0 Å². The van der Waals surface area contributed by atoms with Crippen LogP contribution in [-0.2, 0) is 4.79 Å². The molecule has 7 heteroatoms. The lowest BCUT2D eigenvalue weighted by atomic mass is 10.1. The molecule has 3 aromatic rings. The number of rotatable bonds is 4. The highest BCUT2D eigenvalue weighted by molar-refractivity contribution is 8.04. The predicted molar refractivity (Wildman–Crippen MR) is 94.7 cm³/mol. The molecule has 0 radical (unpaired) electrons. The number of aliphatic hydroxyl groups excluding tert-OH is 1. The second kappa shape index (κ2) is 6.70. The molecule has 0 amide bonds. The summed E-state index contributed by atoms with van der Waals surface area (Å²) >= 11 is 2.56. The quantitative estimate of drug-likeness (QED) is 0.308. The fraction of sp³-hybridized carbons (Fsp3) is 0.118. The SMILES string of the molecule is CC(=O)/C(Sc1ncnc2scc(-c3ccc(F)cc3)c12)=C(\C)O. The summed E-state index contributed by atoms with van der Waals surface area (Å²) in [5, 5.41) is 13.0. The van der Waals surface area contributed by atoms with Crippen LogP contribution in [0.15, 0.2) is 51.7 Å². The first-order valence-corrected chi connectivity index (χ1v) is 8.73. The number of hydrogen-bond donors (Lipinski definition) is 1. The number of carbonyl (C=O) groups is 1. The van der Waals surface area contributed by atoms with Gasteiger partial charge in [0.1, 0.15) is 27.8 Å². The van der Waals surface area contributed by atoms with Crippen LogP contribution >= 0.6 is 23.1 Å². The van der Waals surface area contributed by atoms with Gasteiger partial charge < -0.3 is 5.11 Å². The number of aromatic nitrogens is 2. The smallest absolute Gasteiger partial charge is 0.169 e. The lowest BCUT2D eigenvalue weighted by Gasteiger charge is -2.07. The molecule has 0 fully saturated rings. The van der Waals surface area contributed by atoms with Crippen LogP contribution in [0.4, 0.5) is 4.39 Å². The highest BCUT2D eigenvalue weighted by atomic mass is 32.2. The fourth-order valence-corrected chi connectivity index (χ4v) is 4.14. The van der Waals surface area contributed by atoms with E-state index >= 15 is 0 Å². The van der Waals surface area contributed by atoms with Crippen LogP contribution in [0.3, 0.4) is 0 Å². The van der Waals surface area contributed by atoms with E-state index in [0.717, 1.165) is 33.1 Å². The summed E-state index contributed by atoms with van der Waals surface area (Å²) in [5.74, 6) is -0.579. The van der Waals surface area contributed by atoms with E-state index in [1.807, 2.05) is 5.38 Å². The van der Waals surface area contributed by atoms with Crippen molar-refractivity contribution in [2.24, 2.45) is 0 Å². The number of allylic oxidation sites excluding steroid dienone is 2. The second-order valence-electron chi connectivity index (χ2n) is 5.09. The van der Waals surface area contributed by atoms with Gasteiger partial charge >= 0.3 is 0 Å². The standard InChI is InChI=1S/C17H13FN2O2S2/c1-9(21)15(10(2)22)24-17-14-13(7-23-16(14)19-8-20-17)11-3-5-12(18)6-4-11/h3-8,21H,1-2H3/b15-9-. The number of Topliss-reactive ketones (excluding diaryl/α,β-unsaturated/α-hetero) is 1. The number of ketones is 1. The molecular weight excluding hydrogens is 347 g/mol. The third-order valence-corrected chi connectivity index (χ3v) is 5.51. The molecular formula is C17H13FN2O2S2. The van der Waals surface area contributed by atoms with Crippen molar-refractivity contribution in [2.45, 2.75) is 18.9 Å². The highest BCUT2D eigenvalue weighted by Gasteiger charge is 2.18. The number of fused-ring (bicyclic) bond motifs is 1. The summed E-state index contributed by atoms with van der Waals surface area (Å²) in [4.78, 5) is 21.3.